The molecule has 0 aromatic heterocycles. The zero-order valence-corrected chi connectivity index (χ0v) is 10.0. The van der Waals surface area contributed by atoms with E-state index in [0.29, 0.717) is 6.54 Å². The average Bonchev–Trinajstić information content (AvgIpc) is 2.20. The van der Waals surface area contributed by atoms with E-state index >= 15 is 0 Å². The zero-order chi connectivity index (χ0) is 11.8. The Labute approximate surface area is 96.9 Å². The molecule has 0 saturated carbocycles. The molecule has 0 spiro atoms. The summed E-state index contributed by atoms with van der Waals surface area (Å²) in [4.78, 5) is 2.19. The van der Waals surface area contributed by atoms with E-state index in [-0.39, 0.29) is 0 Å². The van der Waals surface area contributed by atoms with Crippen LogP contribution in [0.3, 0.4) is 0 Å². The van der Waals surface area contributed by atoms with Crippen molar-refractivity contribution < 1.29 is 5.11 Å². The highest BCUT2D eigenvalue weighted by atomic mass is 16.3. The van der Waals surface area contributed by atoms with Crippen molar-refractivity contribution in [1.82, 2.24) is 0 Å². The van der Waals surface area contributed by atoms with Crippen LogP contribution in [-0.4, -0.2) is 23.8 Å². The van der Waals surface area contributed by atoms with Gasteiger partial charge in [0.2, 0.25) is 0 Å². The molecule has 16 heavy (non-hydrogen) atoms. The predicted octanol–water partition coefficient (Wildman–Crippen LogP) is 1.93. The topological polar surface area (TPSA) is 49.5 Å². The summed E-state index contributed by atoms with van der Waals surface area (Å²) in [5.74, 6) is 0. The van der Waals surface area contributed by atoms with Gasteiger partial charge >= 0.3 is 0 Å². The minimum atomic E-state index is -0.589. The monoisotopic (exact) mass is 220 g/mol. The van der Waals surface area contributed by atoms with Gasteiger partial charge in [0.15, 0.2) is 0 Å². The van der Waals surface area contributed by atoms with Crippen molar-refractivity contribution in [2.45, 2.75) is 32.3 Å². The zero-order valence-electron chi connectivity index (χ0n) is 10.0. The number of rotatable bonds is 1. The fourth-order valence-corrected chi connectivity index (χ4v) is 2.35. The van der Waals surface area contributed by atoms with Crippen molar-refractivity contribution in [3.05, 3.63) is 23.8 Å². The summed E-state index contributed by atoms with van der Waals surface area (Å²) in [6.45, 7) is 5.60. The number of hydrogen-bond acceptors (Lipinski definition) is 3. The lowest BCUT2D eigenvalue weighted by Gasteiger charge is -2.38. The van der Waals surface area contributed by atoms with E-state index < -0.39 is 5.60 Å². The minimum absolute atomic E-state index is 0.589. The number of nitrogens with zero attached hydrogens (tertiary/aromatic N) is 1. The summed E-state index contributed by atoms with van der Waals surface area (Å²) in [6, 6.07) is 6.05. The Balaban J connectivity index is 2.26. The van der Waals surface area contributed by atoms with Crippen LogP contribution in [0, 0.1) is 6.92 Å². The van der Waals surface area contributed by atoms with Crippen LogP contribution < -0.4 is 10.6 Å². The summed E-state index contributed by atoms with van der Waals surface area (Å²) in [7, 11) is 0. The summed E-state index contributed by atoms with van der Waals surface area (Å²) >= 11 is 0. The molecule has 1 aliphatic rings. The van der Waals surface area contributed by atoms with E-state index in [0.717, 1.165) is 30.8 Å². The number of aliphatic hydroxyl groups is 1. The van der Waals surface area contributed by atoms with Gasteiger partial charge < -0.3 is 15.7 Å². The second-order valence-corrected chi connectivity index (χ2v) is 5.08. The number of anilines is 2. The van der Waals surface area contributed by atoms with Crippen LogP contribution in [0.15, 0.2) is 18.2 Å². The SMILES string of the molecule is Cc1ccc(N)c(N2CCCC(C)(O)C2)c1. The molecule has 1 atom stereocenters. The number of aryl methyl sites for hydroxylation is 1. The van der Waals surface area contributed by atoms with E-state index in [1.54, 1.807) is 0 Å². The number of nitrogens with two attached hydrogens (primary N) is 1. The Morgan fingerprint density at radius 3 is 2.88 bits per heavy atom. The molecule has 1 heterocycles. The van der Waals surface area contributed by atoms with Gasteiger partial charge in [0.25, 0.3) is 0 Å². The number of nitrogen functional groups attached to an aromatic ring is 1. The molecule has 3 nitrogen and oxygen atoms in total. The van der Waals surface area contributed by atoms with Crippen LogP contribution in [0.5, 0.6) is 0 Å². The number of hydrogen-bond donors (Lipinski definition) is 2. The van der Waals surface area contributed by atoms with Gasteiger partial charge in [0.05, 0.1) is 17.0 Å². The first-order valence-electron chi connectivity index (χ1n) is 5.81. The van der Waals surface area contributed by atoms with Crippen LogP contribution in [0.25, 0.3) is 0 Å². The van der Waals surface area contributed by atoms with Crippen molar-refractivity contribution in [2.75, 3.05) is 23.7 Å². The van der Waals surface area contributed by atoms with Gasteiger partial charge in [-0.3, -0.25) is 0 Å². The molecule has 3 N–H and O–H groups in total. The second-order valence-electron chi connectivity index (χ2n) is 5.08. The molecule has 1 aromatic carbocycles. The maximum atomic E-state index is 10.1. The third kappa shape index (κ3) is 2.30. The van der Waals surface area contributed by atoms with Crippen molar-refractivity contribution in [2.24, 2.45) is 0 Å². The van der Waals surface area contributed by atoms with Crippen molar-refractivity contribution in [3.63, 3.8) is 0 Å². The van der Waals surface area contributed by atoms with Gasteiger partial charge in [0, 0.05) is 13.1 Å². The maximum absolute atomic E-state index is 10.1. The molecule has 1 unspecified atom stereocenters. The highest BCUT2D eigenvalue weighted by Crippen LogP contribution is 2.30. The molecule has 1 aliphatic heterocycles. The van der Waals surface area contributed by atoms with E-state index in [4.69, 9.17) is 5.73 Å². The second kappa shape index (κ2) is 3.98. The highest BCUT2D eigenvalue weighted by Gasteiger charge is 2.29. The Morgan fingerprint density at radius 1 is 1.44 bits per heavy atom. The van der Waals surface area contributed by atoms with Gasteiger partial charge in [-0.1, -0.05) is 6.07 Å². The lowest BCUT2D eigenvalue weighted by Crippen LogP contribution is -2.46. The predicted molar refractivity (Wildman–Crippen MR) is 67.7 cm³/mol. The lowest BCUT2D eigenvalue weighted by atomic mass is 9.94. The molecular formula is C13H20N2O. The first-order chi connectivity index (χ1) is 7.48. The number of benzene rings is 1. The molecular weight excluding hydrogens is 200 g/mol. The largest absolute Gasteiger partial charge is 0.397 e. The standard InChI is InChI=1S/C13H20N2O/c1-10-4-5-11(14)12(8-10)15-7-3-6-13(2,16)9-15/h4-5,8,16H,3,6-7,9,14H2,1-2H3. The molecule has 0 aliphatic carbocycles. The van der Waals surface area contributed by atoms with Gasteiger partial charge in [-0.2, -0.15) is 0 Å². The van der Waals surface area contributed by atoms with Crippen LogP contribution in [0.4, 0.5) is 11.4 Å². The third-order valence-electron chi connectivity index (χ3n) is 3.20. The van der Waals surface area contributed by atoms with Gasteiger partial charge in [-0.15, -0.1) is 0 Å². The van der Waals surface area contributed by atoms with Crippen LogP contribution in [0.1, 0.15) is 25.3 Å². The average molecular weight is 220 g/mol. The lowest BCUT2D eigenvalue weighted by molar-refractivity contribution is 0.0450. The van der Waals surface area contributed by atoms with Crippen LogP contribution >= 0.6 is 0 Å². The van der Waals surface area contributed by atoms with E-state index in [1.165, 1.54) is 5.56 Å². The first-order valence-corrected chi connectivity index (χ1v) is 5.81. The van der Waals surface area contributed by atoms with Crippen molar-refractivity contribution in [3.8, 4) is 0 Å². The highest BCUT2D eigenvalue weighted by molar-refractivity contribution is 5.68. The summed E-state index contributed by atoms with van der Waals surface area (Å²) < 4.78 is 0. The van der Waals surface area contributed by atoms with Gasteiger partial charge in [-0.05, 0) is 44.4 Å². The molecule has 0 radical (unpaired) electrons. The molecule has 1 saturated heterocycles. The number of piperidine rings is 1. The Hall–Kier alpha value is -1.22. The normalized spacial score (nSPS) is 25.8. The quantitative estimate of drug-likeness (QED) is 0.711. The summed E-state index contributed by atoms with van der Waals surface area (Å²) in [5.41, 5.74) is 8.45. The third-order valence-corrected chi connectivity index (χ3v) is 3.20. The molecule has 0 amide bonds. The smallest absolute Gasteiger partial charge is 0.0794 e. The molecule has 1 fully saturated rings. The van der Waals surface area contributed by atoms with Crippen molar-refractivity contribution in [1.29, 1.82) is 0 Å². The molecule has 2 rings (SSSR count). The molecule has 3 heteroatoms. The van der Waals surface area contributed by atoms with Crippen LogP contribution in [-0.2, 0) is 0 Å². The molecule has 1 aromatic rings. The van der Waals surface area contributed by atoms with E-state index in [2.05, 4.69) is 17.9 Å². The Morgan fingerprint density at radius 2 is 2.19 bits per heavy atom. The minimum Gasteiger partial charge on any atom is -0.397 e. The molecule has 0 bridgehead atoms. The summed E-state index contributed by atoms with van der Waals surface area (Å²) in [6.07, 6.45) is 1.88. The number of β-amino-alcohol motifs (C(OH)–C–C–N with tert-alkyl or cyclic N) is 1. The summed E-state index contributed by atoms with van der Waals surface area (Å²) in [5, 5.41) is 10.1. The van der Waals surface area contributed by atoms with E-state index in [9.17, 15) is 5.11 Å². The van der Waals surface area contributed by atoms with Crippen molar-refractivity contribution >= 4 is 11.4 Å². The Bertz CT molecular complexity index is 388. The van der Waals surface area contributed by atoms with Crippen LogP contribution in [0.2, 0.25) is 0 Å². The Kier molecular flexibility index (Phi) is 2.80. The molecule has 88 valence electrons. The van der Waals surface area contributed by atoms with E-state index in [1.807, 2.05) is 19.1 Å². The van der Waals surface area contributed by atoms with Gasteiger partial charge in [0.1, 0.15) is 0 Å². The maximum Gasteiger partial charge on any atom is 0.0794 e. The first kappa shape index (κ1) is 11.3. The fraction of sp³-hybridized carbons (Fsp3) is 0.538. The fourth-order valence-electron chi connectivity index (χ4n) is 2.35. The van der Waals surface area contributed by atoms with Gasteiger partial charge in [-0.25, -0.2) is 0 Å².